The molecule has 0 radical (unpaired) electrons. The van der Waals surface area contributed by atoms with E-state index in [0.717, 1.165) is 6.42 Å². The first-order valence-electron chi connectivity index (χ1n) is 4.62. The molecule has 13 heavy (non-hydrogen) atoms. The van der Waals surface area contributed by atoms with E-state index in [1.54, 1.807) is 6.07 Å². The van der Waals surface area contributed by atoms with Crippen molar-refractivity contribution in [2.45, 2.75) is 34.1 Å². The normalized spacial score (nSPS) is 12.1. The van der Waals surface area contributed by atoms with Gasteiger partial charge in [0.2, 0.25) is 0 Å². The van der Waals surface area contributed by atoms with Crippen LogP contribution in [0.5, 0.6) is 0 Å². The quantitative estimate of drug-likeness (QED) is 0.548. The van der Waals surface area contributed by atoms with Crippen molar-refractivity contribution in [2.75, 3.05) is 0 Å². The van der Waals surface area contributed by atoms with Crippen LogP contribution in [0.4, 0.5) is 0 Å². The Labute approximate surface area is 82.1 Å². The maximum absolute atomic E-state index is 7.32. The third kappa shape index (κ3) is 13.7. The van der Waals surface area contributed by atoms with Crippen molar-refractivity contribution in [3.05, 3.63) is 36.0 Å². The van der Waals surface area contributed by atoms with E-state index in [4.69, 9.17) is 5.26 Å². The molecule has 0 bridgehead atoms. The second-order valence-corrected chi connectivity index (χ2v) is 2.20. The van der Waals surface area contributed by atoms with E-state index in [1.807, 2.05) is 13.8 Å². The standard InChI is InChI=1S/C8H10.C2H3N.C2H6/c1-8-6-4-2-3-5-7-8;1-2-3;1-2/h2,4-7H,3H2,1H3;1H3;1-2H3. The molecule has 0 saturated carbocycles. The van der Waals surface area contributed by atoms with E-state index >= 15 is 0 Å². The third-order valence-corrected chi connectivity index (χ3v) is 1.15. The lowest BCUT2D eigenvalue weighted by Crippen LogP contribution is -1.60. The smallest absolute Gasteiger partial charge is 0.0587 e. The first-order chi connectivity index (χ1) is 6.31. The number of nitriles is 1. The van der Waals surface area contributed by atoms with Crippen molar-refractivity contribution >= 4 is 0 Å². The largest absolute Gasteiger partial charge is 0.199 e. The fraction of sp³-hybridized carbons (Fsp3) is 0.417. The van der Waals surface area contributed by atoms with Gasteiger partial charge in [-0.3, -0.25) is 0 Å². The van der Waals surface area contributed by atoms with E-state index < -0.39 is 0 Å². The van der Waals surface area contributed by atoms with Crippen molar-refractivity contribution in [1.82, 2.24) is 0 Å². The lowest BCUT2D eigenvalue weighted by Gasteiger charge is -1.80. The van der Waals surface area contributed by atoms with Crippen LogP contribution < -0.4 is 0 Å². The Kier molecular flexibility index (Phi) is 14.6. The Morgan fingerprint density at radius 1 is 1.31 bits per heavy atom. The van der Waals surface area contributed by atoms with Crippen LogP contribution in [-0.2, 0) is 0 Å². The molecule has 0 fully saturated rings. The van der Waals surface area contributed by atoms with Crippen molar-refractivity contribution in [1.29, 1.82) is 5.26 Å². The van der Waals surface area contributed by atoms with Gasteiger partial charge in [-0.1, -0.05) is 49.8 Å². The van der Waals surface area contributed by atoms with E-state index in [9.17, 15) is 0 Å². The fourth-order valence-electron chi connectivity index (χ4n) is 0.686. The molecule has 0 aromatic rings. The summed E-state index contributed by atoms with van der Waals surface area (Å²) >= 11 is 0. The summed E-state index contributed by atoms with van der Waals surface area (Å²) < 4.78 is 0. The molecule has 0 aliphatic heterocycles. The average Bonchev–Trinajstić information content (AvgIpc) is 2.38. The van der Waals surface area contributed by atoms with E-state index in [2.05, 4.69) is 37.3 Å². The molecule has 72 valence electrons. The molecular weight excluding hydrogens is 158 g/mol. The fourth-order valence-corrected chi connectivity index (χ4v) is 0.686. The Morgan fingerprint density at radius 3 is 2.38 bits per heavy atom. The SMILES string of the molecule is CC.CC#N.CC1=CC=CCC=C1. The zero-order chi connectivity index (χ0) is 10.5. The minimum atomic E-state index is 1.08. The highest BCUT2D eigenvalue weighted by atomic mass is 14.2. The van der Waals surface area contributed by atoms with Crippen LogP contribution >= 0.6 is 0 Å². The molecule has 1 aliphatic rings. The number of hydrogen-bond acceptors (Lipinski definition) is 1. The van der Waals surface area contributed by atoms with Gasteiger partial charge in [0.1, 0.15) is 0 Å². The molecule has 1 nitrogen and oxygen atoms in total. The van der Waals surface area contributed by atoms with E-state index in [0.29, 0.717) is 0 Å². The monoisotopic (exact) mass is 177 g/mol. The molecule has 0 spiro atoms. The van der Waals surface area contributed by atoms with Crippen molar-refractivity contribution in [2.24, 2.45) is 0 Å². The van der Waals surface area contributed by atoms with E-state index in [1.165, 1.54) is 12.5 Å². The van der Waals surface area contributed by atoms with Gasteiger partial charge in [-0.05, 0) is 13.3 Å². The summed E-state index contributed by atoms with van der Waals surface area (Å²) in [6.07, 6.45) is 11.7. The molecule has 0 saturated heterocycles. The number of hydrogen-bond donors (Lipinski definition) is 0. The van der Waals surface area contributed by atoms with Gasteiger partial charge in [0, 0.05) is 6.92 Å². The maximum Gasteiger partial charge on any atom is 0.0587 e. The van der Waals surface area contributed by atoms with Crippen LogP contribution in [0.15, 0.2) is 36.0 Å². The second kappa shape index (κ2) is 13.3. The number of nitrogens with zero attached hydrogens (tertiary/aromatic N) is 1. The molecule has 0 amide bonds. The van der Waals surface area contributed by atoms with Crippen LogP contribution in [0.25, 0.3) is 0 Å². The van der Waals surface area contributed by atoms with Gasteiger partial charge in [-0.15, -0.1) is 0 Å². The second-order valence-electron chi connectivity index (χ2n) is 2.20. The third-order valence-electron chi connectivity index (χ3n) is 1.15. The summed E-state index contributed by atoms with van der Waals surface area (Å²) in [5.74, 6) is 0. The minimum Gasteiger partial charge on any atom is -0.199 e. The molecule has 1 aliphatic carbocycles. The van der Waals surface area contributed by atoms with Crippen molar-refractivity contribution in [3.8, 4) is 6.07 Å². The first-order valence-corrected chi connectivity index (χ1v) is 4.62. The van der Waals surface area contributed by atoms with Gasteiger partial charge >= 0.3 is 0 Å². The predicted octanol–water partition coefficient (Wildman–Crippen LogP) is 4.00. The zero-order valence-electron chi connectivity index (χ0n) is 9.04. The van der Waals surface area contributed by atoms with Crippen molar-refractivity contribution < 1.29 is 0 Å². The maximum atomic E-state index is 7.32. The van der Waals surface area contributed by atoms with E-state index in [-0.39, 0.29) is 0 Å². The van der Waals surface area contributed by atoms with Gasteiger partial charge in [0.05, 0.1) is 6.07 Å². The Balaban J connectivity index is 0. The first kappa shape index (κ1) is 14.2. The van der Waals surface area contributed by atoms with Crippen LogP contribution in [-0.4, -0.2) is 0 Å². The number of rotatable bonds is 0. The zero-order valence-corrected chi connectivity index (χ0v) is 9.04. The van der Waals surface area contributed by atoms with Crippen LogP contribution in [0.1, 0.15) is 34.1 Å². The Bertz CT molecular complexity index is 214. The van der Waals surface area contributed by atoms with Gasteiger partial charge in [0.25, 0.3) is 0 Å². The van der Waals surface area contributed by atoms with Crippen LogP contribution in [0.3, 0.4) is 0 Å². The summed E-state index contributed by atoms with van der Waals surface area (Å²) in [6.45, 7) is 7.53. The highest BCUT2D eigenvalue weighted by Gasteiger charge is 1.80. The molecule has 0 aromatic heterocycles. The highest BCUT2D eigenvalue weighted by molar-refractivity contribution is 5.24. The minimum absolute atomic E-state index is 1.08. The molecule has 1 rings (SSSR count). The lowest BCUT2D eigenvalue weighted by atomic mass is 10.3. The molecule has 1 heteroatoms. The molecule has 0 aromatic carbocycles. The molecule has 0 atom stereocenters. The lowest BCUT2D eigenvalue weighted by molar-refractivity contribution is 1.40. The van der Waals surface area contributed by atoms with Crippen LogP contribution in [0.2, 0.25) is 0 Å². The number of allylic oxidation sites excluding steroid dienone is 6. The van der Waals surface area contributed by atoms with Gasteiger partial charge in [-0.2, -0.15) is 5.26 Å². The summed E-state index contributed by atoms with van der Waals surface area (Å²) in [7, 11) is 0. The molecule has 0 heterocycles. The van der Waals surface area contributed by atoms with Gasteiger partial charge in [-0.25, -0.2) is 0 Å². The Morgan fingerprint density at radius 2 is 1.85 bits per heavy atom. The average molecular weight is 177 g/mol. The predicted molar refractivity (Wildman–Crippen MR) is 59.3 cm³/mol. The van der Waals surface area contributed by atoms with Gasteiger partial charge < -0.3 is 0 Å². The van der Waals surface area contributed by atoms with Crippen LogP contribution in [0, 0.1) is 11.3 Å². The molecule has 0 unspecified atom stereocenters. The Hall–Kier alpha value is -1.29. The summed E-state index contributed by atoms with van der Waals surface area (Å²) in [5, 5.41) is 7.32. The summed E-state index contributed by atoms with van der Waals surface area (Å²) in [6, 6.07) is 1.75. The summed E-state index contributed by atoms with van der Waals surface area (Å²) in [5.41, 5.74) is 1.33. The molecule has 0 N–H and O–H groups in total. The summed E-state index contributed by atoms with van der Waals surface area (Å²) in [4.78, 5) is 0. The topological polar surface area (TPSA) is 23.8 Å². The van der Waals surface area contributed by atoms with Gasteiger partial charge in [0.15, 0.2) is 0 Å². The highest BCUT2D eigenvalue weighted by Crippen LogP contribution is 2.01. The van der Waals surface area contributed by atoms with Crippen molar-refractivity contribution in [3.63, 3.8) is 0 Å². The molecular formula is C12H19N.